The zero-order valence-corrected chi connectivity index (χ0v) is 12.2. The molecule has 1 fully saturated rings. The minimum absolute atomic E-state index is 0.226. The lowest BCUT2D eigenvalue weighted by atomic mass is 9.78. The summed E-state index contributed by atoms with van der Waals surface area (Å²) in [4.78, 5) is 2.42. The third kappa shape index (κ3) is 1.97. The summed E-state index contributed by atoms with van der Waals surface area (Å²) in [6, 6.07) is 19.2. The van der Waals surface area contributed by atoms with Crippen LogP contribution < -0.4 is 4.90 Å². The van der Waals surface area contributed by atoms with Gasteiger partial charge in [0.25, 0.3) is 0 Å². The highest BCUT2D eigenvalue weighted by Crippen LogP contribution is 2.50. The maximum absolute atomic E-state index is 11.3. The molecule has 21 heavy (non-hydrogen) atoms. The molecule has 0 saturated heterocycles. The van der Waals surface area contributed by atoms with Gasteiger partial charge >= 0.3 is 0 Å². The van der Waals surface area contributed by atoms with Crippen LogP contribution in [0.25, 0.3) is 0 Å². The molecule has 1 aliphatic heterocycles. The zero-order chi connectivity index (χ0) is 14.3. The van der Waals surface area contributed by atoms with Gasteiger partial charge in [-0.1, -0.05) is 61.4 Å². The van der Waals surface area contributed by atoms with Crippen molar-refractivity contribution in [3.8, 4) is 0 Å². The van der Waals surface area contributed by atoms with Crippen LogP contribution in [0.1, 0.15) is 36.8 Å². The molecular formula is C19H21NO. The van der Waals surface area contributed by atoms with E-state index in [1.165, 1.54) is 17.7 Å². The van der Waals surface area contributed by atoms with Gasteiger partial charge in [-0.15, -0.1) is 0 Å². The third-order valence-corrected chi connectivity index (χ3v) is 5.09. The van der Waals surface area contributed by atoms with Crippen LogP contribution in [0.2, 0.25) is 0 Å². The van der Waals surface area contributed by atoms with Gasteiger partial charge < -0.3 is 10.0 Å². The lowest BCUT2D eigenvalue weighted by Gasteiger charge is -2.39. The molecular weight excluding hydrogens is 258 g/mol. The summed E-state index contributed by atoms with van der Waals surface area (Å²) in [5.74, 6) is 0. The number of anilines is 1. The van der Waals surface area contributed by atoms with Crippen LogP contribution in [-0.4, -0.2) is 11.1 Å². The van der Waals surface area contributed by atoms with E-state index in [2.05, 4.69) is 59.5 Å². The van der Waals surface area contributed by atoms with Crippen LogP contribution >= 0.6 is 0 Å². The van der Waals surface area contributed by atoms with E-state index in [1.54, 1.807) is 0 Å². The number of hydrogen-bond donors (Lipinski definition) is 1. The summed E-state index contributed by atoms with van der Waals surface area (Å²) < 4.78 is 0. The predicted molar refractivity (Wildman–Crippen MR) is 85.2 cm³/mol. The van der Waals surface area contributed by atoms with Gasteiger partial charge in [0.2, 0.25) is 0 Å². The van der Waals surface area contributed by atoms with Gasteiger partial charge in [0.05, 0.1) is 6.04 Å². The van der Waals surface area contributed by atoms with Gasteiger partial charge in [-0.05, 0) is 24.5 Å². The van der Waals surface area contributed by atoms with Gasteiger partial charge in [0.15, 0.2) is 0 Å². The van der Waals surface area contributed by atoms with Crippen molar-refractivity contribution in [1.82, 2.24) is 0 Å². The van der Waals surface area contributed by atoms with Crippen LogP contribution in [0, 0.1) is 0 Å². The summed E-state index contributed by atoms with van der Waals surface area (Å²) >= 11 is 0. The molecule has 1 heterocycles. The van der Waals surface area contributed by atoms with Crippen LogP contribution in [-0.2, 0) is 12.1 Å². The largest absolute Gasteiger partial charge is 0.383 e. The fraction of sp³-hybridized carbons (Fsp3) is 0.368. The summed E-state index contributed by atoms with van der Waals surface area (Å²) in [5.41, 5.74) is 3.01. The Hall–Kier alpha value is -1.80. The lowest BCUT2D eigenvalue weighted by molar-refractivity contribution is -0.0115. The van der Waals surface area contributed by atoms with E-state index in [0.29, 0.717) is 0 Å². The Morgan fingerprint density at radius 2 is 1.76 bits per heavy atom. The van der Waals surface area contributed by atoms with Crippen molar-refractivity contribution >= 4 is 5.69 Å². The highest BCUT2D eigenvalue weighted by atomic mass is 16.3. The molecule has 2 aliphatic rings. The van der Waals surface area contributed by atoms with Crippen LogP contribution in [0.5, 0.6) is 0 Å². The SMILES string of the molecule is OC12CCCCC1N(Cc1ccccc1)c1ccccc12. The average Bonchev–Trinajstić information content (AvgIpc) is 2.78. The molecule has 4 rings (SSSR count). The number of para-hydroxylation sites is 1. The molecule has 0 spiro atoms. The fourth-order valence-electron chi connectivity index (χ4n) is 4.10. The van der Waals surface area contributed by atoms with E-state index in [4.69, 9.17) is 0 Å². The Labute approximate surface area is 126 Å². The highest BCUT2D eigenvalue weighted by molar-refractivity contribution is 5.63. The van der Waals surface area contributed by atoms with E-state index >= 15 is 0 Å². The van der Waals surface area contributed by atoms with Crippen molar-refractivity contribution in [2.45, 2.75) is 43.9 Å². The quantitative estimate of drug-likeness (QED) is 0.903. The van der Waals surface area contributed by atoms with Crippen molar-refractivity contribution in [2.24, 2.45) is 0 Å². The monoisotopic (exact) mass is 279 g/mol. The third-order valence-electron chi connectivity index (χ3n) is 5.09. The highest BCUT2D eigenvalue weighted by Gasteiger charge is 2.50. The normalized spacial score (nSPS) is 27.3. The van der Waals surface area contributed by atoms with E-state index in [-0.39, 0.29) is 6.04 Å². The molecule has 2 heteroatoms. The first kappa shape index (κ1) is 12.9. The van der Waals surface area contributed by atoms with Gasteiger partial charge in [0, 0.05) is 17.8 Å². The van der Waals surface area contributed by atoms with E-state index in [9.17, 15) is 5.11 Å². The van der Waals surface area contributed by atoms with Crippen molar-refractivity contribution in [2.75, 3.05) is 4.90 Å². The average molecular weight is 279 g/mol. The summed E-state index contributed by atoms with van der Waals surface area (Å²) in [7, 11) is 0. The number of aliphatic hydroxyl groups is 1. The van der Waals surface area contributed by atoms with E-state index in [1.807, 2.05) is 0 Å². The minimum atomic E-state index is -0.649. The molecule has 2 aromatic carbocycles. The van der Waals surface area contributed by atoms with Crippen molar-refractivity contribution < 1.29 is 5.11 Å². The molecule has 1 aliphatic carbocycles. The maximum atomic E-state index is 11.3. The number of benzene rings is 2. The van der Waals surface area contributed by atoms with Crippen molar-refractivity contribution in [1.29, 1.82) is 0 Å². The molecule has 2 aromatic rings. The van der Waals surface area contributed by atoms with Gasteiger partial charge in [0.1, 0.15) is 5.60 Å². The predicted octanol–water partition coefficient (Wildman–Crippen LogP) is 3.84. The van der Waals surface area contributed by atoms with Gasteiger partial charge in [-0.25, -0.2) is 0 Å². The number of nitrogens with zero attached hydrogens (tertiary/aromatic N) is 1. The Morgan fingerprint density at radius 3 is 2.62 bits per heavy atom. The van der Waals surface area contributed by atoms with E-state index < -0.39 is 5.60 Å². The minimum Gasteiger partial charge on any atom is -0.383 e. The van der Waals surface area contributed by atoms with Crippen LogP contribution in [0.3, 0.4) is 0 Å². The summed E-state index contributed by atoms with van der Waals surface area (Å²) in [6.45, 7) is 0.880. The molecule has 1 N–H and O–H groups in total. The maximum Gasteiger partial charge on any atom is 0.112 e. The second-order valence-electron chi connectivity index (χ2n) is 6.32. The zero-order valence-electron chi connectivity index (χ0n) is 12.2. The van der Waals surface area contributed by atoms with Gasteiger partial charge in [-0.2, -0.15) is 0 Å². The van der Waals surface area contributed by atoms with Crippen LogP contribution in [0.4, 0.5) is 5.69 Å². The molecule has 0 amide bonds. The molecule has 0 radical (unpaired) electrons. The molecule has 2 atom stereocenters. The topological polar surface area (TPSA) is 23.5 Å². The Kier molecular flexibility index (Phi) is 3.00. The summed E-state index contributed by atoms with van der Waals surface area (Å²) in [5, 5.41) is 11.3. The number of hydrogen-bond acceptors (Lipinski definition) is 2. The summed E-state index contributed by atoms with van der Waals surface area (Å²) in [6.07, 6.45) is 4.31. The Morgan fingerprint density at radius 1 is 1.00 bits per heavy atom. The standard InChI is InChI=1S/C19H21NO/c21-19-13-7-6-12-18(19)20(14-15-8-2-1-3-9-15)17-11-5-4-10-16(17)19/h1-5,8-11,18,21H,6-7,12-14H2. The second kappa shape index (κ2) is 4.88. The molecule has 2 nitrogen and oxygen atoms in total. The van der Waals surface area contributed by atoms with Gasteiger partial charge in [-0.3, -0.25) is 0 Å². The fourth-order valence-corrected chi connectivity index (χ4v) is 4.10. The first-order chi connectivity index (χ1) is 10.3. The lowest BCUT2D eigenvalue weighted by Crippen LogP contribution is -2.46. The molecule has 0 aromatic heterocycles. The second-order valence-corrected chi connectivity index (χ2v) is 6.32. The van der Waals surface area contributed by atoms with E-state index in [0.717, 1.165) is 31.4 Å². The first-order valence-electron chi connectivity index (χ1n) is 7.91. The molecule has 0 bridgehead atoms. The number of fused-ring (bicyclic) bond motifs is 3. The Balaban J connectivity index is 1.76. The molecule has 1 saturated carbocycles. The van der Waals surface area contributed by atoms with Crippen LogP contribution in [0.15, 0.2) is 54.6 Å². The number of rotatable bonds is 2. The Bertz CT molecular complexity index is 639. The smallest absolute Gasteiger partial charge is 0.112 e. The molecule has 108 valence electrons. The molecule has 2 unspecified atom stereocenters. The van der Waals surface area contributed by atoms with Crippen molar-refractivity contribution in [3.63, 3.8) is 0 Å². The van der Waals surface area contributed by atoms with Crippen molar-refractivity contribution in [3.05, 3.63) is 65.7 Å². The first-order valence-corrected chi connectivity index (χ1v) is 7.91.